The van der Waals surface area contributed by atoms with Crippen LogP contribution in [0.5, 0.6) is 0 Å². The zero-order chi connectivity index (χ0) is 13.5. The van der Waals surface area contributed by atoms with Crippen LogP contribution in [-0.4, -0.2) is 41.4 Å². The van der Waals surface area contributed by atoms with Crippen LogP contribution in [0, 0.1) is 0 Å². The number of halogens is 1. The average molecular weight is 338 g/mol. The van der Waals surface area contributed by atoms with Crippen molar-refractivity contribution in [3.8, 4) is 0 Å². The second-order valence-corrected chi connectivity index (χ2v) is 6.58. The normalized spacial score (nSPS) is 22.4. The van der Waals surface area contributed by atoms with Gasteiger partial charge < -0.3 is 10.2 Å². The average Bonchev–Trinajstić information content (AvgIpc) is 2.72. The maximum Gasteiger partial charge on any atom is 0.133 e. The van der Waals surface area contributed by atoms with Crippen molar-refractivity contribution in [2.24, 2.45) is 4.99 Å². The minimum atomic E-state index is -0.161. The van der Waals surface area contributed by atoms with Gasteiger partial charge in [-0.2, -0.15) is 0 Å². The van der Waals surface area contributed by atoms with Gasteiger partial charge in [0.1, 0.15) is 16.4 Å². The zero-order valence-corrected chi connectivity index (χ0v) is 13.2. The van der Waals surface area contributed by atoms with Gasteiger partial charge in [-0.1, -0.05) is 40.3 Å². The van der Waals surface area contributed by atoms with Gasteiger partial charge in [-0.05, 0) is 19.2 Å². The van der Waals surface area contributed by atoms with E-state index in [9.17, 15) is 0 Å². The van der Waals surface area contributed by atoms with Crippen molar-refractivity contribution in [2.45, 2.75) is 18.5 Å². The van der Waals surface area contributed by atoms with Gasteiger partial charge in [0, 0.05) is 36.0 Å². The molecular formula is C14H16BrN3S. The lowest BCUT2D eigenvalue weighted by Crippen LogP contribution is -2.49. The summed E-state index contributed by atoms with van der Waals surface area (Å²) in [4.78, 5) is 8.04. The van der Waals surface area contributed by atoms with E-state index in [1.165, 1.54) is 0 Å². The summed E-state index contributed by atoms with van der Waals surface area (Å²) in [5, 5.41) is 3.44. The summed E-state index contributed by atoms with van der Waals surface area (Å²) in [7, 11) is 2.15. The predicted octanol–water partition coefficient (Wildman–Crippen LogP) is 2.59. The smallest absolute Gasteiger partial charge is 0.133 e. The third kappa shape index (κ3) is 2.59. The van der Waals surface area contributed by atoms with Gasteiger partial charge in [0.25, 0.3) is 0 Å². The van der Waals surface area contributed by atoms with Crippen molar-refractivity contribution < 1.29 is 0 Å². The number of likely N-dealkylation sites (tertiary alicyclic amines) is 1. The van der Waals surface area contributed by atoms with Crippen LogP contribution in [0.3, 0.4) is 0 Å². The molecule has 1 fully saturated rings. The van der Waals surface area contributed by atoms with Crippen LogP contribution in [0.4, 0.5) is 0 Å². The Balaban J connectivity index is 1.89. The summed E-state index contributed by atoms with van der Waals surface area (Å²) in [5.41, 5.74) is 1.87. The van der Waals surface area contributed by atoms with E-state index in [0.29, 0.717) is 0 Å². The molecule has 0 saturated carbocycles. The van der Waals surface area contributed by atoms with Crippen LogP contribution in [0.2, 0.25) is 0 Å². The molecule has 0 aliphatic carbocycles. The fourth-order valence-corrected chi connectivity index (χ4v) is 3.21. The van der Waals surface area contributed by atoms with Crippen molar-refractivity contribution in [2.75, 3.05) is 20.1 Å². The van der Waals surface area contributed by atoms with E-state index in [2.05, 4.69) is 45.3 Å². The molecule has 100 valence electrons. The van der Waals surface area contributed by atoms with E-state index in [1.54, 1.807) is 0 Å². The Bertz CT molecular complexity index is 530. The number of benzene rings is 1. The van der Waals surface area contributed by atoms with Gasteiger partial charge in [0.05, 0.1) is 0 Å². The molecule has 1 spiro atoms. The van der Waals surface area contributed by atoms with Crippen molar-refractivity contribution in [1.82, 2.24) is 10.2 Å². The molecule has 2 aliphatic heterocycles. The SMILES string of the molecule is CN1CCC2(CC1)N=C(c1ccc(Br)cc1)C(=S)N2. The summed E-state index contributed by atoms with van der Waals surface area (Å²) >= 11 is 8.92. The molecule has 1 N–H and O–H groups in total. The Hall–Kier alpha value is -0.780. The van der Waals surface area contributed by atoms with Gasteiger partial charge in [-0.25, -0.2) is 0 Å². The minimum absolute atomic E-state index is 0.161. The fourth-order valence-electron chi connectivity index (χ4n) is 2.59. The summed E-state index contributed by atoms with van der Waals surface area (Å²) in [5.74, 6) is 0. The van der Waals surface area contributed by atoms with E-state index in [1.807, 2.05) is 12.1 Å². The van der Waals surface area contributed by atoms with E-state index in [0.717, 1.165) is 46.7 Å². The quantitative estimate of drug-likeness (QED) is 0.798. The molecule has 0 bridgehead atoms. The number of hydrogen-bond donors (Lipinski definition) is 1. The Morgan fingerprint density at radius 1 is 1.26 bits per heavy atom. The van der Waals surface area contributed by atoms with Gasteiger partial charge >= 0.3 is 0 Å². The largest absolute Gasteiger partial charge is 0.350 e. The van der Waals surface area contributed by atoms with Gasteiger partial charge in [-0.3, -0.25) is 4.99 Å². The van der Waals surface area contributed by atoms with E-state index in [4.69, 9.17) is 17.2 Å². The summed E-state index contributed by atoms with van der Waals surface area (Å²) in [6.45, 7) is 2.12. The molecule has 2 aliphatic rings. The number of hydrogen-bond acceptors (Lipinski definition) is 3. The molecule has 1 aromatic rings. The first-order valence-electron chi connectivity index (χ1n) is 6.45. The molecule has 5 heteroatoms. The van der Waals surface area contributed by atoms with Gasteiger partial charge in [-0.15, -0.1) is 0 Å². The van der Waals surface area contributed by atoms with Crippen LogP contribution < -0.4 is 5.32 Å². The Labute approximate surface area is 127 Å². The number of piperidine rings is 1. The van der Waals surface area contributed by atoms with E-state index in [-0.39, 0.29) is 5.66 Å². The molecule has 0 amide bonds. The van der Waals surface area contributed by atoms with Crippen LogP contribution >= 0.6 is 28.1 Å². The number of thiocarbonyl (C=S) groups is 1. The molecule has 0 atom stereocenters. The number of rotatable bonds is 1. The second kappa shape index (κ2) is 4.96. The Morgan fingerprint density at radius 3 is 2.53 bits per heavy atom. The lowest BCUT2D eigenvalue weighted by Gasteiger charge is -2.35. The summed E-state index contributed by atoms with van der Waals surface area (Å²) < 4.78 is 1.07. The third-order valence-corrected chi connectivity index (χ3v) is 4.64. The van der Waals surface area contributed by atoms with Crippen molar-refractivity contribution in [3.05, 3.63) is 34.3 Å². The minimum Gasteiger partial charge on any atom is -0.350 e. The molecule has 1 saturated heterocycles. The summed E-state index contributed by atoms with van der Waals surface area (Å²) in [6.07, 6.45) is 2.04. The van der Waals surface area contributed by atoms with Crippen LogP contribution in [0.25, 0.3) is 0 Å². The number of aliphatic imine (C=N–C) groups is 1. The summed E-state index contributed by atoms with van der Waals surface area (Å²) in [6, 6.07) is 8.18. The van der Waals surface area contributed by atoms with E-state index >= 15 is 0 Å². The van der Waals surface area contributed by atoms with E-state index < -0.39 is 0 Å². The highest BCUT2D eigenvalue weighted by molar-refractivity contribution is 9.10. The first-order valence-corrected chi connectivity index (χ1v) is 7.65. The highest BCUT2D eigenvalue weighted by atomic mass is 79.9. The van der Waals surface area contributed by atoms with Crippen LogP contribution in [-0.2, 0) is 0 Å². The molecule has 19 heavy (non-hydrogen) atoms. The molecule has 2 heterocycles. The topological polar surface area (TPSA) is 27.6 Å². The molecule has 1 aromatic carbocycles. The standard InChI is InChI=1S/C14H16BrN3S/c1-18-8-6-14(7-9-18)16-12(13(19)17-14)10-2-4-11(15)5-3-10/h2-5H,6-9H2,1H3,(H,17,19). The monoisotopic (exact) mass is 337 g/mol. The lowest BCUT2D eigenvalue weighted by molar-refractivity contribution is 0.185. The predicted molar refractivity (Wildman–Crippen MR) is 85.9 cm³/mol. The third-order valence-electron chi connectivity index (χ3n) is 3.82. The van der Waals surface area contributed by atoms with Crippen LogP contribution in [0.15, 0.2) is 33.7 Å². The highest BCUT2D eigenvalue weighted by Crippen LogP contribution is 2.28. The lowest BCUT2D eigenvalue weighted by atomic mass is 9.99. The second-order valence-electron chi connectivity index (χ2n) is 5.26. The number of nitrogens with zero attached hydrogens (tertiary/aromatic N) is 2. The Morgan fingerprint density at radius 2 is 1.89 bits per heavy atom. The maximum atomic E-state index is 5.47. The molecular weight excluding hydrogens is 322 g/mol. The first kappa shape index (κ1) is 13.2. The zero-order valence-electron chi connectivity index (χ0n) is 10.8. The molecule has 0 unspecified atom stereocenters. The van der Waals surface area contributed by atoms with Gasteiger partial charge in [0.2, 0.25) is 0 Å². The van der Waals surface area contributed by atoms with Crippen molar-refractivity contribution >= 4 is 38.8 Å². The van der Waals surface area contributed by atoms with Crippen LogP contribution in [0.1, 0.15) is 18.4 Å². The van der Waals surface area contributed by atoms with Gasteiger partial charge in [0.15, 0.2) is 0 Å². The highest BCUT2D eigenvalue weighted by Gasteiger charge is 2.39. The molecule has 0 radical (unpaired) electrons. The first-order chi connectivity index (χ1) is 9.08. The van der Waals surface area contributed by atoms with Crippen molar-refractivity contribution in [1.29, 1.82) is 0 Å². The maximum absolute atomic E-state index is 5.47. The Kier molecular flexibility index (Phi) is 3.45. The van der Waals surface area contributed by atoms with Crippen molar-refractivity contribution in [3.63, 3.8) is 0 Å². The number of nitrogens with one attached hydrogen (secondary N) is 1. The molecule has 3 nitrogen and oxygen atoms in total. The molecule has 3 rings (SSSR count). The molecule has 0 aromatic heterocycles. The fraction of sp³-hybridized carbons (Fsp3) is 0.429.